The molecule has 56 heavy (non-hydrogen) atoms. The number of rotatable bonds is 7. The van der Waals surface area contributed by atoms with Gasteiger partial charge in [-0.25, -0.2) is 0 Å². The molecule has 12 nitrogen and oxygen atoms in total. The number of carboxylic acids is 1. The number of hydrogen-bond donors (Lipinski definition) is 7. The van der Waals surface area contributed by atoms with Crippen LogP contribution < -0.4 is 0 Å². The molecule has 12 heteroatoms. The maximum atomic E-state index is 14.1. The molecule has 0 aliphatic heterocycles. The Balaban J connectivity index is 1.22. The third kappa shape index (κ3) is 4.89. The SMILES string of the molecule is C[C@]12C[C@H](O)[C@H]3[C@@H](CCC4=CC(=O)CC(C(C(=O)O)C5CC(=O)C=C6CC[C@@H]7[C@H]([C@@H](O)C[C@@]8(C)[C@H]7CC[C@]8(O)C(=O)CO)[C@]65C)[C@@]43C)[C@@H]1CC[C@]2(O)C(=O)CO. The highest BCUT2D eigenvalue weighted by Crippen LogP contribution is 2.73. The van der Waals surface area contributed by atoms with Crippen molar-refractivity contribution in [2.24, 2.45) is 74.9 Å². The molecule has 0 aromatic carbocycles. The summed E-state index contributed by atoms with van der Waals surface area (Å²) < 4.78 is 0. The number of carbonyl (C=O) groups excluding carboxylic acids is 4. The van der Waals surface area contributed by atoms with Gasteiger partial charge in [0.15, 0.2) is 23.1 Å². The van der Waals surface area contributed by atoms with Crippen molar-refractivity contribution in [1.29, 1.82) is 0 Å². The minimum Gasteiger partial charge on any atom is -0.481 e. The Morgan fingerprint density at radius 1 is 0.679 bits per heavy atom. The van der Waals surface area contributed by atoms with Crippen LogP contribution in [0.5, 0.6) is 0 Å². The third-order valence-electron chi connectivity index (χ3n) is 18.9. The Morgan fingerprint density at radius 3 is 1.39 bits per heavy atom. The van der Waals surface area contributed by atoms with Crippen LogP contribution in [0.1, 0.15) is 105 Å². The zero-order chi connectivity index (χ0) is 40.7. The fourth-order valence-electron chi connectivity index (χ4n) is 16.4. The molecule has 0 bridgehead atoms. The van der Waals surface area contributed by atoms with Gasteiger partial charge in [-0.05, 0) is 135 Å². The molecule has 308 valence electrons. The van der Waals surface area contributed by atoms with Crippen molar-refractivity contribution in [1.82, 2.24) is 0 Å². The van der Waals surface area contributed by atoms with Gasteiger partial charge in [0.1, 0.15) is 24.4 Å². The first-order valence-electron chi connectivity index (χ1n) is 21.0. The van der Waals surface area contributed by atoms with Gasteiger partial charge >= 0.3 is 5.97 Å². The lowest BCUT2D eigenvalue weighted by Gasteiger charge is -2.65. The van der Waals surface area contributed by atoms with Gasteiger partial charge in [-0.15, -0.1) is 0 Å². The second-order valence-electron chi connectivity index (χ2n) is 20.3. The predicted octanol–water partition coefficient (Wildman–Crippen LogP) is 2.73. The summed E-state index contributed by atoms with van der Waals surface area (Å²) >= 11 is 0. The summed E-state index contributed by atoms with van der Waals surface area (Å²) in [6.07, 6.45) is 4.47. The quantitative estimate of drug-likeness (QED) is 0.198. The van der Waals surface area contributed by atoms with Crippen LogP contribution >= 0.6 is 0 Å². The normalized spacial score (nSPS) is 51.2. The average molecular weight is 781 g/mol. The van der Waals surface area contributed by atoms with Gasteiger partial charge < -0.3 is 35.7 Å². The Kier molecular flexibility index (Phi) is 9.29. The van der Waals surface area contributed by atoms with Crippen LogP contribution in [0.3, 0.4) is 0 Å². The van der Waals surface area contributed by atoms with Crippen LogP contribution in [0.4, 0.5) is 0 Å². The van der Waals surface area contributed by atoms with Crippen molar-refractivity contribution in [3.63, 3.8) is 0 Å². The monoisotopic (exact) mass is 780 g/mol. The Labute approximate surface area is 327 Å². The summed E-state index contributed by atoms with van der Waals surface area (Å²) in [7, 11) is 0. The standard InChI is InChI=1S/C44H60O12/c1-39-17-31(49)36-25(27(39)9-11-43(39,55)33(51)19-45)7-5-21-13-23(47)15-29(41(21,36)3)35(38(53)54)30-16-24(48)14-22-6-8-26-28-10-12-44(56,34(52)20-46)40(28,2)18-32(50)37(26)42(22,30)4/h13-14,25-32,35-37,45-46,49-50,55-56H,5-12,15-20H2,1-4H3,(H,53,54)/t25-,26-,27-,28-,29?,30?,31-,32-,35?,36+,37+,39-,40-,41+,42+,43-,44-/m0/s1. The number of aliphatic hydroxyl groups is 6. The highest BCUT2D eigenvalue weighted by molar-refractivity contribution is 5.94. The van der Waals surface area contributed by atoms with E-state index in [4.69, 9.17) is 0 Å². The summed E-state index contributed by atoms with van der Waals surface area (Å²) in [5, 5.41) is 79.4. The third-order valence-corrected chi connectivity index (χ3v) is 18.9. The predicted molar refractivity (Wildman–Crippen MR) is 199 cm³/mol. The molecule has 0 heterocycles. The average Bonchev–Trinajstić information content (AvgIpc) is 3.56. The zero-order valence-electron chi connectivity index (χ0n) is 33.1. The van der Waals surface area contributed by atoms with E-state index in [0.29, 0.717) is 38.5 Å². The molecule has 0 spiro atoms. The number of aliphatic carboxylic acids is 1. The van der Waals surface area contributed by atoms with Crippen LogP contribution in [0.15, 0.2) is 23.3 Å². The van der Waals surface area contributed by atoms with Gasteiger partial charge in [-0.2, -0.15) is 0 Å². The molecule has 16 atom stereocenters. The topological polar surface area (TPSA) is 227 Å². The molecule has 6 fully saturated rings. The minimum absolute atomic E-state index is 0.0656. The van der Waals surface area contributed by atoms with Gasteiger partial charge in [-0.3, -0.25) is 24.0 Å². The largest absolute Gasteiger partial charge is 0.481 e. The molecule has 0 radical (unpaired) electrons. The molecule has 6 saturated carbocycles. The molecular formula is C44H60O12. The molecule has 0 saturated heterocycles. The van der Waals surface area contributed by atoms with Crippen molar-refractivity contribution in [2.45, 2.75) is 128 Å². The highest BCUT2D eigenvalue weighted by Gasteiger charge is 2.73. The number of fused-ring (bicyclic) bond motifs is 10. The smallest absolute Gasteiger partial charge is 0.307 e. The molecule has 0 aromatic heterocycles. The molecule has 2 unspecified atom stereocenters. The van der Waals surface area contributed by atoms with E-state index in [2.05, 4.69) is 0 Å². The first-order chi connectivity index (χ1) is 26.2. The lowest BCUT2D eigenvalue weighted by Crippen LogP contribution is -2.65. The number of allylic oxidation sites excluding steroid dienone is 2. The van der Waals surface area contributed by atoms with E-state index in [0.717, 1.165) is 11.1 Å². The first-order valence-corrected chi connectivity index (χ1v) is 21.0. The second-order valence-corrected chi connectivity index (χ2v) is 20.3. The van der Waals surface area contributed by atoms with Crippen molar-refractivity contribution in [3.05, 3.63) is 23.3 Å². The molecule has 0 aromatic rings. The summed E-state index contributed by atoms with van der Waals surface area (Å²) in [5.41, 5.74) is -6.07. The maximum absolute atomic E-state index is 14.1. The van der Waals surface area contributed by atoms with Gasteiger partial charge in [0, 0.05) is 23.7 Å². The molecule has 8 aliphatic rings. The van der Waals surface area contributed by atoms with E-state index in [9.17, 15) is 59.7 Å². The van der Waals surface area contributed by atoms with Crippen LogP contribution in [0, 0.1) is 74.9 Å². The minimum atomic E-state index is -1.81. The highest BCUT2D eigenvalue weighted by atomic mass is 16.4. The first kappa shape index (κ1) is 40.2. The van der Waals surface area contributed by atoms with Crippen molar-refractivity contribution in [3.8, 4) is 0 Å². The Bertz CT molecular complexity index is 1700. The Morgan fingerprint density at radius 2 is 1.05 bits per heavy atom. The van der Waals surface area contributed by atoms with E-state index in [1.165, 1.54) is 0 Å². The lowest BCUT2D eigenvalue weighted by atomic mass is 9.39. The fraction of sp³-hybridized carbons (Fsp3) is 0.795. The van der Waals surface area contributed by atoms with E-state index < -0.39 is 105 Å². The van der Waals surface area contributed by atoms with Crippen molar-refractivity contribution >= 4 is 29.1 Å². The van der Waals surface area contributed by atoms with Crippen LogP contribution in [0.2, 0.25) is 0 Å². The molecule has 8 rings (SSSR count). The number of ketones is 4. The zero-order valence-corrected chi connectivity index (χ0v) is 33.1. The van der Waals surface area contributed by atoms with Gasteiger partial charge in [0.25, 0.3) is 0 Å². The fourth-order valence-corrected chi connectivity index (χ4v) is 16.4. The van der Waals surface area contributed by atoms with Gasteiger partial charge in [-0.1, -0.05) is 38.8 Å². The van der Waals surface area contributed by atoms with Crippen molar-refractivity contribution in [2.75, 3.05) is 13.2 Å². The lowest BCUT2D eigenvalue weighted by molar-refractivity contribution is -0.200. The molecular weight excluding hydrogens is 720 g/mol. The maximum Gasteiger partial charge on any atom is 0.307 e. The number of hydrogen-bond acceptors (Lipinski definition) is 11. The van der Waals surface area contributed by atoms with Crippen LogP contribution in [-0.4, -0.2) is 101 Å². The number of carboxylic acid groups (broad SMARTS) is 1. The van der Waals surface area contributed by atoms with E-state index in [1.54, 1.807) is 12.2 Å². The molecule has 7 N–H and O–H groups in total. The summed E-state index contributed by atoms with van der Waals surface area (Å²) in [5.74, 6) is -7.60. The summed E-state index contributed by atoms with van der Waals surface area (Å²) in [6.45, 7) is 5.96. The van der Waals surface area contributed by atoms with E-state index >= 15 is 0 Å². The van der Waals surface area contributed by atoms with E-state index in [1.807, 2.05) is 27.7 Å². The number of aliphatic hydroxyl groups excluding tert-OH is 4. The molecule has 0 amide bonds. The summed E-state index contributed by atoms with van der Waals surface area (Å²) in [4.78, 5) is 67.7. The molecule has 8 aliphatic carbocycles. The number of carbonyl (C=O) groups is 5. The van der Waals surface area contributed by atoms with Gasteiger partial charge in [0.2, 0.25) is 0 Å². The van der Waals surface area contributed by atoms with Crippen LogP contribution in [0.25, 0.3) is 0 Å². The van der Waals surface area contributed by atoms with Crippen LogP contribution in [-0.2, 0) is 24.0 Å². The number of Topliss-reactive ketones (excluding diaryl/α,β-unsaturated/α-hetero) is 2. The second kappa shape index (κ2) is 12.9. The van der Waals surface area contributed by atoms with Crippen molar-refractivity contribution < 1.29 is 59.7 Å². The van der Waals surface area contributed by atoms with E-state index in [-0.39, 0.29) is 73.8 Å². The van der Waals surface area contributed by atoms with Gasteiger partial charge in [0.05, 0.1) is 18.1 Å². The summed E-state index contributed by atoms with van der Waals surface area (Å²) in [6, 6.07) is 0. The Hall–Kier alpha value is -2.61.